The number of carbonyl (C=O) groups excluding carboxylic acids is 1. The molecule has 0 bridgehead atoms. The van der Waals surface area contributed by atoms with Gasteiger partial charge in [0.15, 0.2) is 5.60 Å². The van der Waals surface area contributed by atoms with E-state index in [-0.39, 0.29) is 5.91 Å². The first kappa shape index (κ1) is 9.93. The summed E-state index contributed by atoms with van der Waals surface area (Å²) in [6, 6.07) is 0. The smallest absolute Gasteiger partial charge is 0.256 e. The molecule has 4 nitrogen and oxygen atoms in total. The van der Waals surface area contributed by atoms with Gasteiger partial charge in [-0.25, -0.2) is 0 Å². The second-order valence-corrected chi connectivity index (χ2v) is 4.01. The SMILES string of the molecule is CCN1CCO[C@]2(CCCNC2)C1=O. The number of likely N-dealkylation sites (N-methyl/N-ethyl adjacent to an activating group) is 1. The van der Waals surface area contributed by atoms with Crippen molar-refractivity contribution in [2.75, 3.05) is 32.8 Å². The normalized spacial score (nSPS) is 33.8. The highest BCUT2D eigenvalue weighted by Crippen LogP contribution is 2.26. The van der Waals surface area contributed by atoms with Crippen LogP contribution in [0, 0.1) is 0 Å². The maximum Gasteiger partial charge on any atom is 0.256 e. The number of amides is 1. The van der Waals surface area contributed by atoms with Crippen LogP contribution in [0.25, 0.3) is 0 Å². The highest BCUT2D eigenvalue weighted by Gasteiger charge is 2.45. The zero-order valence-corrected chi connectivity index (χ0v) is 8.71. The van der Waals surface area contributed by atoms with Gasteiger partial charge < -0.3 is 15.0 Å². The summed E-state index contributed by atoms with van der Waals surface area (Å²) in [7, 11) is 0. The molecule has 2 saturated heterocycles. The molecular formula is C10H18N2O2. The van der Waals surface area contributed by atoms with Crippen LogP contribution in [-0.4, -0.2) is 49.2 Å². The standard InChI is InChI=1S/C10H18N2O2/c1-2-12-6-7-14-10(9(12)13)4-3-5-11-8-10/h11H,2-8H2,1H3/t10-/m0/s1. The van der Waals surface area contributed by atoms with Gasteiger partial charge in [-0.1, -0.05) is 0 Å². The lowest BCUT2D eigenvalue weighted by Gasteiger charge is -2.43. The molecule has 0 saturated carbocycles. The number of piperidine rings is 1. The molecule has 2 fully saturated rings. The van der Waals surface area contributed by atoms with Crippen molar-refractivity contribution < 1.29 is 9.53 Å². The Morgan fingerprint density at radius 2 is 2.50 bits per heavy atom. The Labute approximate surface area is 84.6 Å². The lowest BCUT2D eigenvalue weighted by atomic mass is 9.91. The third-order valence-electron chi connectivity index (χ3n) is 3.14. The lowest BCUT2D eigenvalue weighted by Crippen LogP contribution is -2.62. The highest BCUT2D eigenvalue weighted by molar-refractivity contribution is 5.86. The van der Waals surface area contributed by atoms with Crippen LogP contribution in [0.1, 0.15) is 19.8 Å². The summed E-state index contributed by atoms with van der Waals surface area (Å²) in [6.45, 7) is 5.93. The molecule has 1 N–H and O–H groups in total. The number of nitrogens with zero attached hydrogens (tertiary/aromatic N) is 1. The fourth-order valence-electron chi connectivity index (χ4n) is 2.29. The summed E-state index contributed by atoms with van der Waals surface area (Å²) in [5.74, 6) is 0.179. The third kappa shape index (κ3) is 1.53. The molecule has 14 heavy (non-hydrogen) atoms. The van der Waals surface area contributed by atoms with E-state index in [0.717, 1.165) is 32.5 Å². The topological polar surface area (TPSA) is 41.6 Å². The Morgan fingerprint density at radius 3 is 3.14 bits per heavy atom. The molecule has 1 atom stereocenters. The Hall–Kier alpha value is -0.610. The fourth-order valence-corrected chi connectivity index (χ4v) is 2.29. The van der Waals surface area contributed by atoms with Crippen LogP contribution >= 0.6 is 0 Å². The summed E-state index contributed by atoms with van der Waals surface area (Å²) >= 11 is 0. The van der Waals surface area contributed by atoms with Crippen molar-refractivity contribution in [2.24, 2.45) is 0 Å². The minimum absolute atomic E-state index is 0.179. The first-order chi connectivity index (χ1) is 6.78. The lowest BCUT2D eigenvalue weighted by molar-refractivity contribution is -0.174. The molecule has 2 aliphatic rings. The van der Waals surface area contributed by atoms with Crippen molar-refractivity contribution in [3.63, 3.8) is 0 Å². The van der Waals surface area contributed by atoms with E-state index in [1.165, 1.54) is 0 Å². The zero-order valence-electron chi connectivity index (χ0n) is 8.71. The summed E-state index contributed by atoms with van der Waals surface area (Å²) in [5, 5.41) is 3.25. The van der Waals surface area contributed by atoms with Crippen LogP contribution in [0.3, 0.4) is 0 Å². The predicted molar refractivity (Wildman–Crippen MR) is 53.0 cm³/mol. The highest BCUT2D eigenvalue weighted by atomic mass is 16.5. The van der Waals surface area contributed by atoms with E-state index in [9.17, 15) is 4.79 Å². The molecule has 2 rings (SSSR count). The monoisotopic (exact) mass is 198 g/mol. The van der Waals surface area contributed by atoms with Crippen molar-refractivity contribution in [2.45, 2.75) is 25.4 Å². The van der Waals surface area contributed by atoms with Crippen molar-refractivity contribution in [3.05, 3.63) is 0 Å². The van der Waals surface area contributed by atoms with E-state index in [0.29, 0.717) is 13.2 Å². The minimum atomic E-state index is -0.535. The summed E-state index contributed by atoms with van der Waals surface area (Å²) in [6.07, 6.45) is 1.90. The Bertz CT molecular complexity index is 219. The Balaban J connectivity index is 2.12. The van der Waals surface area contributed by atoms with Crippen LogP contribution in [0.15, 0.2) is 0 Å². The van der Waals surface area contributed by atoms with Gasteiger partial charge in [-0.05, 0) is 26.3 Å². The largest absolute Gasteiger partial charge is 0.362 e. The van der Waals surface area contributed by atoms with Crippen LogP contribution < -0.4 is 5.32 Å². The van der Waals surface area contributed by atoms with E-state index < -0.39 is 5.60 Å². The van der Waals surface area contributed by atoms with Crippen molar-refractivity contribution in [3.8, 4) is 0 Å². The number of carbonyl (C=O) groups is 1. The molecule has 4 heteroatoms. The van der Waals surface area contributed by atoms with Gasteiger partial charge in [-0.3, -0.25) is 4.79 Å². The van der Waals surface area contributed by atoms with Crippen molar-refractivity contribution >= 4 is 5.91 Å². The average Bonchev–Trinajstić information content (AvgIpc) is 2.24. The van der Waals surface area contributed by atoms with E-state index >= 15 is 0 Å². The first-order valence-electron chi connectivity index (χ1n) is 5.42. The maximum atomic E-state index is 12.1. The summed E-state index contributed by atoms with van der Waals surface area (Å²) in [4.78, 5) is 14.0. The van der Waals surface area contributed by atoms with Gasteiger partial charge in [0.1, 0.15) is 0 Å². The van der Waals surface area contributed by atoms with Crippen LogP contribution in [0.2, 0.25) is 0 Å². The van der Waals surface area contributed by atoms with Gasteiger partial charge in [-0.15, -0.1) is 0 Å². The second kappa shape index (κ2) is 3.87. The minimum Gasteiger partial charge on any atom is -0.362 e. The number of hydrogen-bond acceptors (Lipinski definition) is 3. The van der Waals surface area contributed by atoms with Crippen molar-refractivity contribution in [1.82, 2.24) is 10.2 Å². The Morgan fingerprint density at radius 1 is 1.64 bits per heavy atom. The molecule has 2 aliphatic heterocycles. The van der Waals surface area contributed by atoms with Crippen LogP contribution in [0.5, 0.6) is 0 Å². The van der Waals surface area contributed by atoms with Gasteiger partial charge >= 0.3 is 0 Å². The average molecular weight is 198 g/mol. The summed E-state index contributed by atoms with van der Waals surface area (Å²) in [5.41, 5.74) is -0.535. The molecular weight excluding hydrogens is 180 g/mol. The van der Waals surface area contributed by atoms with Gasteiger partial charge in [0.2, 0.25) is 0 Å². The number of ether oxygens (including phenoxy) is 1. The maximum absolute atomic E-state index is 12.1. The molecule has 0 aliphatic carbocycles. The molecule has 0 unspecified atom stereocenters. The van der Waals surface area contributed by atoms with Gasteiger partial charge in [0.25, 0.3) is 5.91 Å². The quantitative estimate of drug-likeness (QED) is 0.644. The van der Waals surface area contributed by atoms with Gasteiger partial charge in [0, 0.05) is 19.6 Å². The third-order valence-corrected chi connectivity index (χ3v) is 3.14. The number of morpholine rings is 1. The summed E-state index contributed by atoms with van der Waals surface area (Å²) < 4.78 is 5.70. The molecule has 1 spiro atoms. The van der Waals surface area contributed by atoms with Crippen molar-refractivity contribution in [1.29, 1.82) is 0 Å². The van der Waals surface area contributed by atoms with Crippen LogP contribution in [-0.2, 0) is 9.53 Å². The second-order valence-electron chi connectivity index (χ2n) is 4.01. The van der Waals surface area contributed by atoms with E-state index in [2.05, 4.69) is 5.32 Å². The molecule has 0 radical (unpaired) electrons. The van der Waals surface area contributed by atoms with Gasteiger partial charge in [0.05, 0.1) is 6.61 Å². The molecule has 0 aromatic carbocycles. The Kier molecular flexibility index (Phi) is 2.74. The molecule has 80 valence electrons. The van der Waals surface area contributed by atoms with E-state index in [4.69, 9.17) is 4.74 Å². The number of rotatable bonds is 1. The predicted octanol–water partition coefficient (Wildman–Crippen LogP) is -0.0127. The molecule has 2 heterocycles. The van der Waals surface area contributed by atoms with Gasteiger partial charge in [-0.2, -0.15) is 0 Å². The first-order valence-corrected chi connectivity index (χ1v) is 5.42. The molecule has 0 aromatic heterocycles. The fraction of sp³-hybridized carbons (Fsp3) is 0.900. The molecule has 1 amide bonds. The van der Waals surface area contributed by atoms with Crippen LogP contribution in [0.4, 0.5) is 0 Å². The molecule has 0 aromatic rings. The number of nitrogens with one attached hydrogen (secondary N) is 1. The van der Waals surface area contributed by atoms with E-state index in [1.807, 2.05) is 11.8 Å². The zero-order chi connectivity index (χ0) is 10.0. The van der Waals surface area contributed by atoms with E-state index in [1.54, 1.807) is 0 Å². The number of hydrogen-bond donors (Lipinski definition) is 1.